The Balaban J connectivity index is 0.000000555. The second-order valence-corrected chi connectivity index (χ2v) is 3.27. The molecule has 1 aromatic carbocycles. The van der Waals surface area contributed by atoms with Crippen LogP contribution in [0, 0.1) is 10.7 Å². The molecule has 2 amide bonds. The van der Waals surface area contributed by atoms with Crippen molar-refractivity contribution in [2.75, 3.05) is 11.9 Å². The molecule has 0 fully saturated rings. The van der Waals surface area contributed by atoms with Crippen molar-refractivity contribution in [3.8, 4) is 0 Å². The minimum absolute atomic E-state index is 0.0775. The van der Waals surface area contributed by atoms with Crippen LogP contribution in [0.15, 0.2) is 29.6 Å². The second kappa shape index (κ2) is 8.56. The molecule has 0 heterocycles. The SMILES string of the molecule is CCC(=O)O.CN(C(=O)NN=O)c1ccccc1F. The number of nitrogens with zero attached hydrogens (tertiary/aromatic N) is 2. The number of benzene rings is 1. The molecule has 8 heteroatoms. The van der Waals surface area contributed by atoms with Gasteiger partial charge in [0, 0.05) is 13.5 Å². The number of hydrogen-bond acceptors (Lipinski definition) is 4. The largest absolute Gasteiger partial charge is 0.481 e. The zero-order valence-electron chi connectivity index (χ0n) is 10.5. The Morgan fingerprint density at radius 2 is 1.95 bits per heavy atom. The van der Waals surface area contributed by atoms with Crippen LogP contribution in [0.4, 0.5) is 14.9 Å². The monoisotopic (exact) mass is 271 g/mol. The highest BCUT2D eigenvalue weighted by molar-refractivity contribution is 5.91. The Bertz CT molecular complexity index is 453. The summed E-state index contributed by atoms with van der Waals surface area (Å²) in [5, 5.41) is 9.92. The lowest BCUT2D eigenvalue weighted by Crippen LogP contribution is -2.34. The number of nitroso groups, excluding NO2 is 1. The summed E-state index contributed by atoms with van der Waals surface area (Å²) in [4.78, 5) is 31.1. The molecule has 0 saturated carbocycles. The smallest absolute Gasteiger partial charge is 0.344 e. The van der Waals surface area contributed by atoms with Gasteiger partial charge in [0.2, 0.25) is 0 Å². The van der Waals surface area contributed by atoms with Gasteiger partial charge in [-0.15, -0.1) is 4.91 Å². The van der Waals surface area contributed by atoms with Crippen molar-refractivity contribution in [2.24, 2.45) is 5.29 Å². The van der Waals surface area contributed by atoms with Gasteiger partial charge in [-0.3, -0.25) is 9.69 Å². The molecule has 1 aromatic rings. The topological polar surface area (TPSA) is 99.1 Å². The Hall–Kier alpha value is -2.51. The summed E-state index contributed by atoms with van der Waals surface area (Å²) in [5.74, 6) is -1.29. The number of aliphatic carboxylic acids is 1. The van der Waals surface area contributed by atoms with Crippen LogP contribution in [0.3, 0.4) is 0 Å². The Morgan fingerprint density at radius 1 is 1.42 bits per heavy atom. The number of carbonyl (C=O) groups excluding carboxylic acids is 1. The van der Waals surface area contributed by atoms with Crippen LogP contribution in [0.1, 0.15) is 13.3 Å². The molecule has 0 aromatic heterocycles. The van der Waals surface area contributed by atoms with Gasteiger partial charge < -0.3 is 5.11 Å². The maximum absolute atomic E-state index is 13.1. The number of para-hydroxylation sites is 1. The summed E-state index contributed by atoms with van der Waals surface area (Å²) in [6.07, 6.45) is 0.222. The van der Waals surface area contributed by atoms with Crippen molar-refractivity contribution in [2.45, 2.75) is 13.3 Å². The van der Waals surface area contributed by atoms with Gasteiger partial charge in [0.15, 0.2) is 0 Å². The number of rotatable bonds is 3. The van der Waals surface area contributed by atoms with E-state index >= 15 is 0 Å². The first kappa shape index (κ1) is 16.5. The zero-order valence-corrected chi connectivity index (χ0v) is 10.5. The average Bonchev–Trinajstić information content (AvgIpc) is 2.39. The number of carboxylic acids is 1. The van der Waals surface area contributed by atoms with Crippen LogP contribution in [-0.2, 0) is 4.79 Å². The van der Waals surface area contributed by atoms with Gasteiger partial charge in [0.1, 0.15) is 5.82 Å². The van der Waals surface area contributed by atoms with Crippen molar-refractivity contribution in [1.29, 1.82) is 0 Å². The van der Waals surface area contributed by atoms with Crippen LogP contribution >= 0.6 is 0 Å². The lowest BCUT2D eigenvalue weighted by atomic mass is 10.3. The van der Waals surface area contributed by atoms with Crippen molar-refractivity contribution >= 4 is 17.7 Å². The summed E-state index contributed by atoms with van der Waals surface area (Å²) in [6, 6.07) is 4.93. The van der Waals surface area contributed by atoms with E-state index in [0.717, 1.165) is 4.90 Å². The summed E-state index contributed by atoms with van der Waals surface area (Å²) in [6.45, 7) is 1.60. The average molecular weight is 271 g/mol. The standard InChI is InChI=1S/C8H8FN3O2.C3H6O2/c1-12(8(13)10-11-14)7-5-3-2-4-6(7)9;1-2-3(4)5/h2-5H,1H3,(H,10,13,14);2H2,1H3,(H,4,5). The van der Waals surface area contributed by atoms with Crippen LogP contribution in [-0.4, -0.2) is 24.2 Å². The first-order valence-corrected chi connectivity index (χ1v) is 5.26. The third-order valence-corrected chi connectivity index (χ3v) is 1.96. The predicted octanol–water partition coefficient (Wildman–Crippen LogP) is 2.13. The summed E-state index contributed by atoms with van der Waals surface area (Å²) < 4.78 is 13.1. The van der Waals surface area contributed by atoms with Gasteiger partial charge in [0.25, 0.3) is 0 Å². The zero-order chi connectivity index (χ0) is 14.8. The number of carboxylic acid groups (broad SMARTS) is 1. The molecule has 7 nitrogen and oxygen atoms in total. The molecule has 104 valence electrons. The van der Waals surface area contributed by atoms with Crippen LogP contribution in [0.5, 0.6) is 0 Å². The highest BCUT2D eigenvalue weighted by Gasteiger charge is 2.13. The number of anilines is 1. The summed E-state index contributed by atoms with van der Waals surface area (Å²) >= 11 is 0. The van der Waals surface area contributed by atoms with Gasteiger partial charge in [-0.25, -0.2) is 9.18 Å². The highest BCUT2D eigenvalue weighted by atomic mass is 19.1. The summed E-state index contributed by atoms with van der Waals surface area (Å²) in [7, 11) is 1.33. The summed E-state index contributed by atoms with van der Waals surface area (Å²) in [5.41, 5.74) is 1.74. The minimum atomic E-state index is -0.787. The van der Waals surface area contributed by atoms with Crippen molar-refractivity contribution in [1.82, 2.24) is 5.43 Å². The van der Waals surface area contributed by atoms with E-state index in [0.29, 0.717) is 0 Å². The van der Waals surface area contributed by atoms with E-state index in [4.69, 9.17) is 5.11 Å². The second-order valence-electron chi connectivity index (χ2n) is 3.27. The maximum Gasteiger partial charge on any atom is 0.344 e. The Labute approximate surface area is 109 Å². The van der Waals surface area contributed by atoms with Gasteiger partial charge in [-0.05, 0) is 12.1 Å². The molecule has 0 aliphatic heterocycles. The Morgan fingerprint density at radius 3 is 2.37 bits per heavy atom. The fourth-order valence-electron chi connectivity index (χ4n) is 0.947. The molecule has 1 rings (SSSR count). The van der Waals surface area contributed by atoms with E-state index < -0.39 is 17.8 Å². The predicted molar refractivity (Wildman–Crippen MR) is 67.1 cm³/mol. The van der Waals surface area contributed by atoms with E-state index in [1.54, 1.807) is 18.4 Å². The number of halogens is 1. The first-order valence-electron chi connectivity index (χ1n) is 5.26. The van der Waals surface area contributed by atoms with Gasteiger partial charge in [-0.2, -0.15) is 5.43 Å². The Kier molecular flexibility index (Phi) is 7.43. The fourth-order valence-corrected chi connectivity index (χ4v) is 0.947. The van der Waals surface area contributed by atoms with E-state index in [1.165, 1.54) is 25.2 Å². The van der Waals surface area contributed by atoms with Crippen molar-refractivity contribution in [3.05, 3.63) is 35.0 Å². The van der Waals surface area contributed by atoms with Crippen molar-refractivity contribution in [3.63, 3.8) is 0 Å². The molecule has 0 radical (unpaired) electrons. The molecule has 0 spiro atoms. The maximum atomic E-state index is 13.1. The molecular formula is C11H14FN3O4. The van der Waals surface area contributed by atoms with Crippen LogP contribution in [0.2, 0.25) is 0 Å². The lowest BCUT2D eigenvalue weighted by Gasteiger charge is -2.15. The third kappa shape index (κ3) is 6.10. The molecule has 0 saturated heterocycles. The van der Waals surface area contributed by atoms with Gasteiger partial charge in [-0.1, -0.05) is 19.1 Å². The van der Waals surface area contributed by atoms with Crippen LogP contribution in [0.25, 0.3) is 0 Å². The number of carbonyl (C=O) groups is 2. The molecular weight excluding hydrogens is 257 g/mol. The van der Waals surface area contributed by atoms with Crippen LogP contribution < -0.4 is 10.3 Å². The van der Waals surface area contributed by atoms with E-state index in [9.17, 15) is 18.9 Å². The number of amides is 2. The van der Waals surface area contributed by atoms with E-state index in [1.807, 2.05) is 0 Å². The molecule has 2 N–H and O–H groups in total. The lowest BCUT2D eigenvalue weighted by molar-refractivity contribution is -0.136. The highest BCUT2D eigenvalue weighted by Crippen LogP contribution is 2.16. The first-order chi connectivity index (χ1) is 8.93. The number of hydrogen-bond donors (Lipinski definition) is 2. The molecule has 0 atom stereocenters. The molecule has 0 bridgehead atoms. The van der Waals surface area contributed by atoms with Gasteiger partial charge in [0.05, 0.1) is 11.0 Å². The fraction of sp³-hybridized carbons (Fsp3) is 0.273. The minimum Gasteiger partial charge on any atom is -0.481 e. The number of urea groups is 1. The molecule has 19 heavy (non-hydrogen) atoms. The van der Waals surface area contributed by atoms with E-state index in [-0.39, 0.29) is 12.1 Å². The van der Waals surface area contributed by atoms with Crippen molar-refractivity contribution < 1.29 is 19.1 Å². The van der Waals surface area contributed by atoms with Gasteiger partial charge >= 0.3 is 12.0 Å². The molecule has 0 unspecified atom stereocenters. The number of nitrogens with one attached hydrogen (secondary N) is 1. The molecule has 0 aliphatic carbocycles. The molecule has 0 aliphatic rings. The normalized spacial score (nSPS) is 8.79. The van der Waals surface area contributed by atoms with E-state index in [2.05, 4.69) is 5.29 Å². The quantitative estimate of drug-likeness (QED) is 0.649. The third-order valence-electron chi connectivity index (χ3n) is 1.96.